The molecule has 0 amide bonds. The van der Waals surface area contributed by atoms with Gasteiger partial charge in [0.1, 0.15) is 17.5 Å². The van der Waals surface area contributed by atoms with Crippen LogP contribution in [0.25, 0.3) is 11.1 Å². The van der Waals surface area contributed by atoms with Crippen LogP contribution in [-0.4, -0.2) is 16.7 Å². The molecule has 0 bridgehead atoms. The van der Waals surface area contributed by atoms with Crippen molar-refractivity contribution in [1.82, 2.24) is 4.98 Å². The van der Waals surface area contributed by atoms with Crippen molar-refractivity contribution >= 4 is 5.82 Å². The van der Waals surface area contributed by atoms with Gasteiger partial charge in [-0.2, -0.15) is 0 Å². The predicted molar refractivity (Wildman–Crippen MR) is 72.6 cm³/mol. The first-order valence-corrected chi connectivity index (χ1v) is 5.92. The highest BCUT2D eigenvalue weighted by atomic mass is 19.1. The fourth-order valence-corrected chi connectivity index (χ4v) is 1.73. The lowest BCUT2D eigenvalue weighted by Gasteiger charge is -2.07. The van der Waals surface area contributed by atoms with E-state index >= 15 is 0 Å². The summed E-state index contributed by atoms with van der Waals surface area (Å²) in [4.78, 5) is 3.65. The number of hydrogen-bond donors (Lipinski definition) is 2. The molecular weight excluding hydrogens is 262 g/mol. The van der Waals surface area contributed by atoms with Crippen LogP contribution in [0.4, 0.5) is 14.6 Å². The summed E-state index contributed by atoms with van der Waals surface area (Å²) < 4.78 is 27.1. The Hall–Kier alpha value is -2.45. The molecule has 0 saturated carbocycles. The van der Waals surface area contributed by atoms with Crippen LogP contribution < -0.4 is 5.73 Å². The van der Waals surface area contributed by atoms with Crippen molar-refractivity contribution in [3.05, 3.63) is 47.7 Å². The smallest absolute Gasteiger partial charge is 0.149 e. The Bertz CT molecular complexity index is 690. The number of hydrogen-bond acceptors (Lipinski definition) is 3. The molecule has 1 aromatic carbocycles. The van der Waals surface area contributed by atoms with Gasteiger partial charge in [0.25, 0.3) is 0 Å². The van der Waals surface area contributed by atoms with Crippen LogP contribution in [-0.2, 0) is 0 Å². The molecule has 1 aromatic heterocycles. The normalized spacial score (nSPS) is 9.95. The van der Waals surface area contributed by atoms with Crippen LogP contribution in [0, 0.1) is 23.5 Å². The molecule has 3 N–H and O–H groups in total. The third-order valence-corrected chi connectivity index (χ3v) is 2.61. The van der Waals surface area contributed by atoms with Crippen molar-refractivity contribution in [3.8, 4) is 23.0 Å². The third-order valence-electron chi connectivity index (χ3n) is 2.61. The second-order valence-corrected chi connectivity index (χ2v) is 4.05. The minimum Gasteiger partial charge on any atom is -0.395 e. The monoisotopic (exact) mass is 274 g/mol. The SMILES string of the molecule is Nc1cc(-c2ccc(F)cc2C#CCCO)c(F)cn1. The van der Waals surface area contributed by atoms with Crippen molar-refractivity contribution in [3.63, 3.8) is 0 Å². The van der Waals surface area contributed by atoms with Crippen LogP contribution in [0.1, 0.15) is 12.0 Å². The zero-order chi connectivity index (χ0) is 14.5. The van der Waals surface area contributed by atoms with Crippen molar-refractivity contribution < 1.29 is 13.9 Å². The number of anilines is 1. The second kappa shape index (κ2) is 6.13. The molecule has 102 valence electrons. The molecule has 20 heavy (non-hydrogen) atoms. The first-order chi connectivity index (χ1) is 9.61. The summed E-state index contributed by atoms with van der Waals surface area (Å²) >= 11 is 0. The molecule has 2 rings (SSSR count). The number of rotatable bonds is 2. The van der Waals surface area contributed by atoms with E-state index in [4.69, 9.17) is 10.8 Å². The Morgan fingerprint density at radius 2 is 2.00 bits per heavy atom. The Balaban J connectivity index is 2.56. The number of aliphatic hydroxyl groups excluding tert-OH is 1. The summed E-state index contributed by atoms with van der Waals surface area (Å²) in [6.07, 6.45) is 1.27. The van der Waals surface area contributed by atoms with Crippen molar-refractivity contribution in [1.29, 1.82) is 0 Å². The first kappa shape index (κ1) is 14.0. The highest BCUT2D eigenvalue weighted by Gasteiger charge is 2.11. The number of aliphatic hydroxyl groups is 1. The van der Waals surface area contributed by atoms with E-state index < -0.39 is 11.6 Å². The molecule has 0 aliphatic rings. The number of pyridine rings is 1. The van der Waals surface area contributed by atoms with Gasteiger partial charge in [-0.3, -0.25) is 0 Å². The largest absolute Gasteiger partial charge is 0.395 e. The Morgan fingerprint density at radius 3 is 2.75 bits per heavy atom. The van der Waals surface area contributed by atoms with Gasteiger partial charge in [0, 0.05) is 23.1 Å². The van der Waals surface area contributed by atoms with E-state index in [1.165, 1.54) is 24.3 Å². The minimum absolute atomic E-state index is 0.0891. The summed E-state index contributed by atoms with van der Waals surface area (Å²) in [6, 6.07) is 5.26. The molecule has 5 heteroatoms. The molecule has 0 saturated heterocycles. The van der Waals surface area contributed by atoms with Crippen molar-refractivity contribution in [2.24, 2.45) is 0 Å². The standard InChI is InChI=1S/C15H12F2N2O/c16-11-4-5-12(10(7-11)3-1-2-6-20)13-8-15(18)19-9-14(13)17/h4-5,7-9,20H,2,6H2,(H2,18,19). The van der Waals surface area contributed by atoms with E-state index in [9.17, 15) is 8.78 Å². The average Bonchev–Trinajstić information content (AvgIpc) is 2.42. The number of halogens is 2. The zero-order valence-electron chi connectivity index (χ0n) is 10.5. The van der Waals surface area contributed by atoms with Crippen molar-refractivity contribution in [2.45, 2.75) is 6.42 Å². The van der Waals surface area contributed by atoms with Gasteiger partial charge in [-0.1, -0.05) is 17.9 Å². The topological polar surface area (TPSA) is 59.1 Å². The fraction of sp³-hybridized carbons (Fsp3) is 0.133. The van der Waals surface area contributed by atoms with Gasteiger partial charge < -0.3 is 10.8 Å². The highest BCUT2D eigenvalue weighted by Crippen LogP contribution is 2.27. The lowest BCUT2D eigenvalue weighted by atomic mass is 10.00. The molecule has 2 aromatic rings. The molecule has 0 fully saturated rings. The van der Waals surface area contributed by atoms with Gasteiger partial charge in [0.15, 0.2) is 0 Å². The predicted octanol–water partition coefficient (Wildman–Crippen LogP) is 2.34. The number of nitrogens with zero attached hydrogens (tertiary/aromatic N) is 1. The van der Waals surface area contributed by atoms with Gasteiger partial charge in [0.2, 0.25) is 0 Å². The molecular formula is C15H12F2N2O. The number of benzene rings is 1. The fourth-order valence-electron chi connectivity index (χ4n) is 1.73. The van der Waals surface area contributed by atoms with Gasteiger partial charge >= 0.3 is 0 Å². The molecule has 0 unspecified atom stereocenters. The molecule has 0 aliphatic carbocycles. The molecule has 0 aliphatic heterocycles. The van der Waals surface area contributed by atoms with Crippen LogP contribution in [0.15, 0.2) is 30.5 Å². The average molecular weight is 274 g/mol. The van der Waals surface area contributed by atoms with Gasteiger partial charge in [0.05, 0.1) is 12.8 Å². The van der Waals surface area contributed by atoms with Crippen molar-refractivity contribution in [2.75, 3.05) is 12.3 Å². The number of nitrogen functional groups attached to an aromatic ring is 1. The van der Waals surface area contributed by atoms with E-state index in [1.54, 1.807) is 0 Å². The maximum absolute atomic E-state index is 13.8. The second-order valence-electron chi connectivity index (χ2n) is 4.05. The molecule has 0 spiro atoms. The molecule has 1 heterocycles. The van der Waals surface area contributed by atoms with Gasteiger partial charge in [-0.05, 0) is 18.2 Å². The van der Waals surface area contributed by atoms with E-state index in [1.807, 2.05) is 0 Å². The quantitative estimate of drug-likeness (QED) is 0.826. The van der Waals surface area contributed by atoms with E-state index in [0.717, 1.165) is 6.20 Å². The summed E-state index contributed by atoms with van der Waals surface area (Å²) in [6.45, 7) is -0.0891. The summed E-state index contributed by atoms with van der Waals surface area (Å²) in [5.41, 5.74) is 6.53. The van der Waals surface area contributed by atoms with Gasteiger partial charge in [-0.15, -0.1) is 0 Å². The maximum Gasteiger partial charge on any atom is 0.149 e. The number of aromatic nitrogens is 1. The zero-order valence-corrected chi connectivity index (χ0v) is 10.5. The molecule has 3 nitrogen and oxygen atoms in total. The van der Waals surface area contributed by atoms with Crippen LogP contribution >= 0.6 is 0 Å². The summed E-state index contributed by atoms with van der Waals surface area (Å²) in [5, 5.41) is 8.70. The Labute approximate surface area is 115 Å². The van der Waals surface area contributed by atoms with Crippen LogP contribution in [0.3, 0.4) is 0 Å². The summed E-state index contributed by atoms with van der Waals surface area (Å²) in [7, 11) is 0. The van der Waals surface area contributed by atoms with E-state index in [0.29, 0.717) is 11.1 Å². The summed E-state index contributed by atoms with van der Waals surface area (Å²) in [5.74, 6) is 4.55. The van der Waals surface area contributed by atoms with E-state index in [2.05, 4.69) is 16.8 Å². The Kier molecular flexibility index (Phi) is 4.28. The lowest BCUT2D eigenvalue weighted by Crippen LogP contribution is -1.95. The first-order valence-electron chi connectivity index (χ1n) is 5.92. The van der Waals surface area contributed by atoms with Crippen LogP contribution in [0.5, 0.6) is 0 Å². The molecule has 0 atom stereocenters. The highest BCUT2D eigenvalue weighted by molar-refractivity contribution is 5.73. The number of nitrogens with two attached hydrogens (primary N) is 1. The van der Waals surface area contributed by atoms with Crippen LogP contribution in [0.2, 0.25) is 0 Å². The maximum atomic E-state index is 13.8. The third kappa shape index (κ3) is 3.11. The van der Waals surface area contributed by atoms with Gasteiger partial charge in [-0.25, -0.2) is 13.8 Å². The Morgan fingerprint density at radius 1 is 1.20 bits per heavy atom. The lowest BCUT2D eigenvalue weighted by molar-refractivity contribution is 0.305. The molecule has 0 radical (unpaired) electrons. The van der Waals surface area contributed by atoms with E-state index in [-0.39, 0.29) is 24.4 Å². The minimum atomic E-state index is -0.559.